The van der Waals surface area contributed by atoms with E-state index in [9.17, 15) is 0 Å². The van der Waals surface area contributed by atoms with Crippen molar-refractivity contribution in [2.45, 2.75) is 24.4 Å². The van der Waals surface area contributed by atoms with Gasteiger partial charge in [-0.05, 0) is 0 Å². The largest absolute Gasteiger partial charge is 1.00 e. The molecule has 4 heteroatoms. The van der Waals surface area contributed by atoms with Crippen molar-refractivity contribution in [3.05, 3.63) is 0 Å². The molecule has 0 bridgehead atoms. The molecular formula is C4H18AlB2Na. The van der Waals surface area contributed by atoms with Crippen molar-refractivity contribution < 1.29 is 29.6 Å². The molecule has 0 aliphatic carbocycles. The SMILES string of the molecule is C[CH2][Al+][CH2]C.[BH4-].[BH4-].[Na+]. The molecular weight excluding hydrogens is 120 g/mol. The maximum absolute atomic E-state index is 2.25. The van der Waals surface area contributed by atoms with Gasteiger partial charge in [0.1, 0.15) is 0 Å². The van der Waals surface area contributed by atoms with Crippen LogP contribution in [0.15, 0.2) is 0 Å². The van der Waals surface area contributed by atoms with Crippen molar-refractivity contribution >= 4 is 32.0 Å². The molecule has 44 valence electrons. The second kappa shape index (κ2) is 23.4. The van der Waals surface area contributed by atoms with E-state index < -0.39 is 0 Å². The minimum atomic E-state index is 0. The van der Waals surface area contributed by atoms with Crippen LogP contribution in [0.25, 0.3) is 0 Å². The van der Waals surface area contributed by atoms with Gasteiger partial charge < -0.3 is 0 Å². The van der Waals surface area contributed by atoms with Gasteiger partial charge in [-0.2, -0.15) is 0 Å². The zero-order valence-electron chi connectivity index (χ0n) is 4.99. The monoisotopic (exact) mass is 138 g/mol. The Morgan fingerprint density at radius 2 is 1.25 bits per heavy atom. The third kappa shape index (κ3) is 25.4. The molecule has 0 heterocycles. The van der Waals surface area contributed by atoms with Crippen molar-refractivity contribution in [3.8, 4) is 0 Å². The molecule has 0 aromatic rings. The van der Waals surface area contributed by atoms with Gasteiger partial charge in [0.25, 0.3) is 0 Å². The Morgan fingerprint density at radius 1 is 1.00 bits per heavy atom. The van der Waals surface area contributed by atoms with E-state index in [0.717, 1.165) is 15.2 Å². The van der Waals surface area contributed by atoms with Crippen LogP contribution in [0.4, 0.5) is 0 Å². The molecule has 8 heavy (non-hydrogen) atoms. The van der Waals surface area contributed by atoms with E-state index in [0.29, 0.717) is 0 Å². The number of rotatable bonds is 2. The van der Waals surface area contributed by atoms with Gasteiger partial charge in [-0.25, -0.2) is 0 Å². The third-order valence-corrected chi connectivity index (χ3v) is 1.73. The maximum atomic E-state index is 2.25. The summed E-state index contributed by atoms with van der Waals surface area (Å²) in [7, 11) is 0. The van der Waals surface area contributed by atoms with Crippen LogP contribution in [0.2, 0.25) is 10.6 Å². The predicted octanol–water partition coefficient (Wildman–Crippen LogP) is -4.33. The van der Waals surface area contributed by atoms with Gasteiger partial charge in [0.2, 0.25) is 0 Å². The van der Waals surface area contributed by atoms with Crippen molar-refractivity contribution in [2.24, 2.45) is 0 Å². The molecule has 0 rings (SSSR count). The van der Waals surface area contributed by atoms with E-state index in [1.165, 1.54) is 10.6 Å². The van der Waals surface area contributed by atoms with Gasteiger partial charge in [0.05, 0.1) is 0 Å². The zero-order valence-corrected chi connectivity index (χ0v) is 8.15. The Bertz CT molecular complexity index is 21.5. The molecule has 0 atom stereocenters. The molecule has 0 aromatic carbocycles. The summed E-state index contributed by atoms with van der Waals surface area (Å²) in [4.78, 5) is 0. The second-order valence-electron chi connectivity index (χ2n) is 1.11. The molecule has 0 amide bonds. The topological polar surface area (TPSA) is 0 Å². The molecule has 0 fully saturated rings. The van der Waals surface area contributed by atoms with Crippen LogP contribution in [-0.4, -0.2) is 32.0 Å². The van der Waals surface area contributed by atoms with Crippen LogP contribution in [-0.2, 0) is 0 Å². The normalized spacial score (nSPS) is 4.25. The second-order valence-corrected chi connectivity index (χ2v) is 3.32. The minimum absolute atomic E-state index is 0. The Labute approximate surface area is 85.3 Å². The summed E-state index contributed by atoms with van der Waals surface area (Å²) < 4.78 is 0. The molecule has 0 unspecified atom stereocenters. The summed E-state index contributed by atoms with van der Waals surface area (Å²) in [6, 6.07) is 0. The Kier molecular flexibility index (Phi) is 66.1. The molecule has 0 nitrogen and oxygen atoms in total. The first-order valence-electron chi connectivity index (χ1n) is 2.23. The van der Waals surface area contributed by atoms with Gasteiger partial charge >= 0.3 is 69.2 Å². The maximum Gasteiger partial charge on any atom is 1.00 e. The van der Waals surface area contributed by atoms with Crippen LogP contribution in [0.1, 0.15) is 13.8 Å². The fourth-order valence-corrected chi connectivity index (χ4v) is 0.866. The standard InChI is InChI=1S/2C2H5.Al.2BH4.Na/c2*1-2;;;;/h2*1H2,2H3;;2*1H4;/q;;+1;2*-1;+1. The van der Waals surface area contributed by atoms with Crippen LogP contribution in [0.3, 0.4) is 0 Å². The molecule has 0 saturated carbocycles. The van der Waals surface area contributed by atoms with Crippen LogP contribution in [0, 0.1) is 0 Å². The average Bonchev–Trinajstić information content (AvgIpc) is 1.41. The van der Waals surface area contributed by atoms with Crippen LogP contribution < -0.4 is 29.6 Å². The molecule has 0 radical (unpaired) electrons. The summed E-state index contributed by atoms with van der Waals surface area (Å²) in [5, 5.41) is 2.85. The van der Waals surface area contributed by atoms with E-state index in [4.69, 9.17) is 0 Å². The molecule has 0 aromatic heterocycles. The quantitative estimate of drug-likeness (QED) is 0.338. The van der Waals surface area contributed by atoms with E-state index >= 15 is 0 Å². The number of hydrogen-bond acceptors (Lipinski definition) is 0. The minimum Gasteiger partial charge on any atom is -0.0626 e. The van der Waals surface area contributed by atoms with Crippen molar-refractivity contribution in [2.75, 3.05) is 0 Å². The van der Waals surface area contributed by atoms with Crippen LogP contribution in [0.5, 0.6) is 0 Å². The molecule has 0 spiro atoms. The van der Waals surface area contributed by atoms with Gasteiger partial charge in [-0.1, -0.05) is 16.8 Å². The Morgan fingerprint density at radius 3 is 1.25 bits per heavy atom. The van der Waals surface area contributed by atoms with E-state index in [-0.39, 0.29) is 46.4 Å². The molecule has 0 aliphatic rings. The Hall–Kier alpha value is 1.66. The van der Waals surface area contributed by atoms with Gasteiger partial charge in [0, 0.05) is 0 Å². The molecule has 0 aliphatic heterocycles. The molecule has 0 N–H and O–H groups in total. The summed E-state index contributed by atoms with van der Waals surface area (Å²) in [6.07, 6.45) is 0. The first-order chi connectivity index (χ1) is 2.41. The average molecular weight is 138 g/mol. The first kappa shape index (κ1) is 22.6. The van der Waals surface area contributed by atoms with Gasteiger partial charge in [-0.3, -0.25) is 0 Å². The van der Waals surface area contributed by atoms with Crippen molar-refractivity contribution in [1.29, 1.82) is 0 Å². The Balaban J connectivity index is -0.0000000267. The van der Waals surface area contributed by atoms with Gasteiger partial charge in [-0.15, -0.1) is 0 Å². The summed E-state index contributed by atoms with van der Waals surface area (Å²) in [5.41, 5.74) is 0. The van der Waals surface area contributed by atoms with E-state index in [1.807, 2.05) is 0 Å². The third-order valence-electron chi connectivity index (χ3n) is 0.577. The number of hydrogen-bond donors (Lipinski definition) is 0. The van der Waals surface area contributed by atoms with E-state index in [2.05, 4.69) is 13.8 Å². The predicted molar refractivity (Wildman–Crippen MR) is 49.4 cm³/mol. The van der Waals surface area contributed by atoms with E-state index in [1.54, 1.807) is 0 Å². The first-order valence-corrected chi connectivity index (χ1v) is 3.86. The molecule has 0 saturated heterocycles. The summed E-state index contributed by atoms with van der Waals surface area (Å²) in [5.74, 6) is 0. The van der Waals surface area contributed by atoms with Crippen molar-refractivity contribution in [1.82, 2.24) is 0 Å². The van der Waals surface area contributed by atoms with Crippen LogP contribution >= 0.6 is 0 Å². The van der Waals surface area contributed by atoms with Gasteiger partial charge in [0.15, 0.2) is 0 Å². The zero-order chi connectivity index (χ0) is 4.12. The summed E-state index contributed by atoms with van der Waals surface area (Å²) >= 11 is 0.815. The summed E-state index contributed by atoms with van der Waals surface area (Å²) in [6.45, 7) is 4.50. The van der Waals surface area contributed by atoms with Crippen molar-refractivity contribution in [3.63, 3.8) is 0 Å². The smallest absolute Gasteiger partial charge is 0.0626 e. The fourth-order valence-electron chi connectivity index (χ4n) is 0.289. The fraction of sp³-hybridized carbons (Fsp3) is 1.00.